The molecule has 6 heteroatoms. The van der Waals surface area contributed by atoms with Crippen molar-refractivity contribution in [1.29, 1.82) is 0 Å². The summed E-state index contributed by atoms with van der Waals surface area (Å²) in [5.74, 6) is -0.0790. The minimum absolute atomic E-state index is 0.0924. The predicted molar refractivity (Wildman–Crippen MR) is 68.1 cm³/mol. The maximum absolute atomic E-state index is 11.2. The molecule has 0 amide bonds. The Morgan fingerprint density at radius 1 is 1.42 bits per heavy atom. The second-order valence-electron chi connectivity index (χ2n) is 5.46. The van der Waals surface area contributed by atoms with Crippen LogP contribution in [-0.2, 0) is 4.79 Å². The van der Waals surface area contributed by atoms with Gasteiger partial charge in [0, 0.05) is 12.0 Å². The molecule has 0 spiro atoms. The Balaban J connectivity index is 2.01. The second kappa shape index (κ2) is 3.69. The topological polar surface area (TPSA) is 88.1 Å². The average molecular weight is 261 g/mol. The minimum atomic E-state index is -0.777. The number of hydrogen-bond acceptors (Lipinski definition) is 4. The first-order valence-electron chi connectivity index (χ1n) is 6.08. The lowest BCUT2D eigenvalue weighted by atomic mass is 10.1. The average Bonchev–Trinajstić information content (AvgIpc) is 2.75. The lowest BCUT2D eigenvalue weighted by Gasteiger charge is -1.97. The van der Waals surface area contributed by atoms with Crippen LogP contribution in [0.1, 0.15) is 25.6 Å². The predicted octanol–water partition coefficient (Wildman–Crippen LogP) is 1.79. The number of hydrogen-bond donors (Lipinski definition) is 2. The Bertz CT molecular complexity index is 662. The van der Waals surface area contributed by atoms with E-state index in [4.69, 9.17) is 4.74 Å². The highest BCUT2D eigenvalue weighted by Crippen LogP contribution is 2.63. The number of ether oxygens (including phenoxy) is 1. The van der Waals surface area contributed by atoms with Crippen molar-refractivity contribution in [3.05, 3.63) is 18.0 Å². The van der Waals surface area contributed by atoms with E-state index in [0.29, 0.717) is 17.4 Å². The Labute approximate surface area is 109 Å². The molecule has 100 valence electrons. The van der Waals surface area contributed by atoms with Gasteiger partial charge in [0.05, 0.1) is 18.5 Å². The Kier molecular flexibility index (Phi) is 2.32. The van der Waals surface area contributed by atoms with Gasteiger partial charge in [0.25, 0.3) is 0 Å². The number of nitrogens with zero attached hydrogens (tertiary/aromatic N) is 2. The molecule has 1 aliphatic rings. The molecule has 0 radical (unpaired) electrons. The summed E-state index contributed by atoms with van der Waals surface area (Å²) in [5.41, 5.74) is 1.08. The number of fused-ring (bicyclic) bond motifs is 1. The molecule has 3 rings (SSSR count). The molecule has 0 aromatic carbocycles. The number of methoxy groups -OCH3 is 1. The third-order valence-electron chi connectivity index (χ3n) is 3.94. The van der Waals surface area contributed by atoms with Crippen LogP contribution in [0.15, 0.2) is 12.1 Å². The largest absolute Gasteiger partial charge is 0.481 e. The fourth-order valence-corrected chi connectivity index (χ4v) is 2.76. The number of imidazole rings is 1. The number of aromatic nitrogens is 3. The van der Waals surface area contributed by atoms with Crippen molar-refractivity contribution < 1.29 is 14.6 Å². The number of aromatic amines is 1. The van der Waals surface area contributed by atoms with Gasteiger partial charge in [-0.25, -0.2) is 4.98 Å². The highest BCUT2D eigenvalue weighted by atomic mass is 16.5. The van der Waals surface area contributed by atoms with E-state index in [1.807, 2.05) is 19.9 Å². The number of carbonyl (C=O) groups is 1. The van der Waals surface area contributed by atoms with Crippen molar-refractivity contribution in [1.82, 2.24) is 15.0 Å². The molecule has 0 bridgehead atoms. The minimum Gasteiger partial charge on any atom is -0.481 e. The summed E-state index contributed by atoms with van der Waals surface area (Å²) < 4.78 is 5.05. The molecular formula is C13H15N3O3. The summed E-state index contributed by atoms with van der Waals surface area (Å²) in [5, 5.41) is 9.20. The van der Waals surface area contributed by atoms with Crippen LogP contribution in [0.2, 0.25) is 0 Å². The first kappa shape index (κ1) is 12.0. The number of aliphatic carboxylic acids is 1. The van der Waals surface area contributed by atoms with Gasteiger partial charge in [0.1, 0.15) is 5.82 Å². The number of H-pyrrole nitrogens is 1. The molecule has 6 nitrogen and oxygen atoms in total. The number of carboxylic acid groups (broad SMARTS) is 1. The van der Waals surface area contributed by atoms with Crippen molar-refractivity contribution in [2.75, 3.05) is 7.11 Å². The van der Waals surface area contributed by atoms with E-state index in [1.54, 1.807) is 13.2 Å². The number of nitrogens with one attached hydrogen (secondary N) is 1. The van der Waals surface area contributed by atoms with Crippen molar-refractivity contribution in [2.24, 2.45) is 11.3 Å². The van der Waals surface area contributed by atoms with Crippen LogP contribution in [0.5, 0.6) is 5.88 Å². The number of pyridine rings is 1. The zero-order valence-corrected chi connectivity index (χ0v) is 11.0. The van der Waals surface area contributed by atoms with Gasteiger partial charge in [-0.3, -0.25) is 4.79 Å². The lowest BCUT2D eigenvalue weighted by Crippen LogP contribution is -2.03. The third kappa shape index (κ3) is 1.67. The molecule has 2 aromatic heterocycles. The van der Waals surface area contributed by atoms with Crippen molar-refractivity contribution in [2.45, 2.75) is 19.8 Å². The van der Waals surface area contributed by atoms with E-state index in [-0.39, 0.29) is 11.3 Å². The van der Waals surface area contributed by atoms with Gasteiger partial charge in [-0.05, 0) is 11.5 Å². The molecule has 2 heterocycles. The lowest BCUT2D eigenvalue weighted by molar-refractivity contribution is -0.139. The molecule has 1 saturated carbocycles. The highest BCUT2D eigenvalue weighted by Gasteiger charge is 2.64. The fraction of sp³-hybridized carbons (Fsp3) is 0.462. The van der Waals surface area contributed by atoms with Crippen molar-refractivity contribution >= 4 is 17.1 Å². The highest BCUT2D eigenvalue weighted by molar-refractivity contribution is 5.78. The molecule has 1 fully saturated rings. The van der Waals surface area contributed by atoms with Crippen LogP contribution in [-0.4, -0.2) is 33.1 Å². The van der Waals surface area contributed by atoms with E-state index in [2.05, 4.69) is 15.0 Å². The summed E-state index contributed by atoms with van der Waals surface area (Å²) in [7, 11) is 1.55. The summed E-state index contributed by atoms with van der Waals surface area (Å²) in [6.45, 7) is 3.88. The molecule has 0 saturated heterocycles. The normalized spacial score (nSPS) is 24.4. The van der Waals surface area contributed by atoms with E-state index in [0.717, 1.165) is 5.52 Å². The molecule has 0 aliphatic heterocycles. The van der Waals surface area contributed by atoms with Gasteiger partial charge in [-0.2, -0.15) is 4.98 Å². The Hall–Kier alpha value is -2.11. The molecule has 2 aromatic rings. The summed E-state index contributed by atoms with van der Waals surface area (Å²) in [6.07, 6.45) is 0. The van der Waals surface area contributed by atoms with Crippen molar-refractivity contribution in [3.8, 4) is 5.88 Å². The van der Waals surface area contributed by atoms with Gasteiger partial charge >= 0.3 is 5.97 Å². The summed E-state index contributed by atoms with van der Waals surface area (Å²) in [6, 6.07) is 3.58. The van der Waals surface area contributed by atoms with Gasteiger partial charge in [-0.1, -0.05) is 13.8 Å². The van der Waals surface area contributed by atoms with E-state index in [9.17, 15) is 9.90 Å². The first-order valence-corrected chi connectivity index (χ1v) is 6.08. The van der Waals surface area contributed by atoms with Crippen LogP contribution in [0.4, 0.5) is 0 Å². The van der Waals surface area contributed by atoms with Crippen LogP contribution in [0.25, 0.3) is 11.2 Å². The number of rotatable bonds is 3. The van der Waals surface area contributed by atoms with Gasteiger partial charge in [0.2, 0.25) is 5.88 Å². The quantitative estimate of drug-likeness (QED) is 0.879. The Morgan fingerprint density at radius 2 is 2.16 bits per heavy atom. The molecule has 1 aliphatic carbocycles. The van der Waals surface area contributed by atoms with E-state index < -0.39 is 11.9 Å². The van der Waals surface area contributed by atoms with E-state index >= 15 is 0 Å². The molecule has 19 heavy (non-hydrogen) atoms. The van der Waals surface area contributed by atoms with Gasteiger partial charge in [-0.15, -0.1) is 0 Å². The molecule has 2 unspecified atom stereocenters. The van der Waals surface area contributed by atoms with E-state index in [1.165, 1.54) is 0 Å². The Morgan fingerprint density at radius 3 is 2.74 bits per heavy atom. The summed E-state index contributed by atoms with van der Waals surface area (Å²) >= 11 is 0. The third-order valence-corrected chi connectivity index (χ3v) is 3.94. The monoisotopic (exact) mass is 261 g/mol. The zero-order chi connectivity index (χ0) is 13.8. The smallest absolute Gasteiger partial charge is 0.307 e. The van der Waals surface area contributed by atoms with Gasteiger partial charge < -0.3 is 14.8 Å². The number of carboxylic acids is 1. The van der Waals surface area contributed by atoms with Crippen LogP contribution in [0, 0.1) is 11.3 Å². The van der Waals surface area contributed by atoms with Crippen molar-refractivity contribution in [3.63, 3.8) is 0 Å². The SMILES string of the molecule is COc1ccc2[nH]c(C3C(C(=O)O)C3(C)C)nc2n1. The maximum atomic E-state index is 11.2. The standard InChI is InChI=1S/C13H15N3O3/c1-13(2)8(9(13)12(17)18)11-14-6-4-5-7(19-3)15-10(6)16-11/h4-5,8-9H,1-3H3,(H,17,18)(H,14,15,16). The summed E-state index contributed by atoms with van der Waals surface area (Å²) in [4.78, 5) is 23.0. The molecular weight excluding hydrogens is 246 g/mol. The zero-order valence-electron chi connectivity index (χ0n) is 11.0. The van der Waals surface area contributed by atoms with Crippen LogP contribution < -0.4 is 4.74 Å². The maximum Gasteiger partial charge on any atom is 0.307 e. The fourth-order valence-electron chi connectivity index (χ4n) is 2.76. The second-order valence-corrected chi connectivity index (χ2v) is 5.46. The first-order chi connectivity index (χ1) is 8.95. The van der Waals surface area contributed by atoms with Crippen LogP contribution >= 0.6 is 0 Å². The molecule has 2 N–H and O–H groups in total. The molecule has 2 atom stereocenters. The van der Waals surface area contributed by atoms with Crippen LogP contribution in [0.3, 0.4) is 0 Å². The van der Waals surface area contributed by atoms with Gasteiger partial charge in [0.15, 0.2) is 5.65 Å².